The van der Waals surface area contributed by atoms with E-state index in [4.69, 9.17) is 5.73 Å². The van der Waals surface area contributed by atoms with Gasteiger partial charge in [0.2, 0.25) is 10.0 Å². The summed E-state index contributed by atoms with van der Waals surface area (Å²) in [5.41, 5.74) is 7.41. The number of benzene rings is 1. The minimum Gasteiger partial charge on any atom is -0.398 e. The second-order valence-corrected chi connectivity index (χ2v) is 6.04. The van der Waals surface area contributed by atoms with E-state index in [1.54, 1.807) is 49.2 Å². The van der Waals surface area contributed by atoms with Gasteiger partial charge in [-0.25, -0.2) is 13.1 Å². The van der Waals surface area contributed by atoms with Crippen molar-refractivity contribution in [2.45, 2.75) is 18.4 Å². The maximum atomic E-state index is 12.2. The van der Waals surface area contributed by atoms with E-state index in [0.717, 1.165) is 5.56 Å². The van der Waals surface area contributed by atoms with Crippen molar-refractivity contribution in [1.29, 1.82) is 0 Å². The van der Waals surface area contributed by atoms with Crippen LogP contribution in [0, 0.1) is 6.92 Å². The van der Waals surface area contributed by atoms with Crippen LogP contribution in [-0.2, 0) is 23.6 Å². The van der Waals surface area contributed by atoms with Crippen molar-refractivity contribution in [3.8, 4) is 0 Å². The van der Waals surface area contributed by atoms with Crippen LogP contribution in [0.1, 0.15) is 11.1 Å². The van der Waals surface area contributed by atoms with E-state index >= 15 is 0 Å². The molecule has 0 unspecified atom stereocenters. The third-order valence-corrected chi connectivity index (χ3v) is 4.36. The van der Waals surface area contributed by atoms with Crippen molar-refractivity contribution in [1.82, 2.24) is 14.5 Å². The van der Waals surface area contributed by atoms with Gasteiger partial charge < -0.3 is 5.73 Å². The van der Waals surface area contributed by atoms with Gasteiger partial charge in [-0.15, -0.1) is 0 Å². The number of aromatic nitrogens is 2. The average Bonchev–Trinajstić information content (AvgIpc) is 2.72. The lowest BCUT2D eigenvalue weighted by molar-refractivity contribution is 0.581. The number of aryl methyl sites for hydroxylation is 2. The zero-order valence-electron chi connectivity index (χ0n) is 10.8. The first-order chi connectivity index (χ1) is 8.90. The monoisotopic (exact) mass is 280 g/mol. The highest BCUT2D eigenvalue weighted by Gasteiger charge is 2.19. The number of nitrogens with zero attached hydrogens (tertiary/aromatic N) is 2. The molecule has 3 N–H and O–H groups in total. The predicted octanol–water partition coefficient (Wildman–Crippen LogP) is 0.789. The van der Waals surface area contributed by atoms with Crippen LogP contribution < -0.4 is 10.5 Å². The maximum Gasteiger partial charge on any atom is 0.243 e. The summed E-state index contributed by atoms with van der Waals surface area (Å²) in [4.78, 5) is 0.138. The van der Waals surface area contributed by atoms with Gasteiger partial charge in [-0.3, -0.25) is 4.68 Å². The zero-order valence-corrected chi connectivity index (χ0v) is 11.6. The predicted molar refractivity (Wildman–Crippen MR) is 72.8 cm³/mol. The highest BCUT2D eigenvalue weighted by molar-refractivity contribution is 7.89. The summed E-state index contributed by atoms with van der Waals surface area (Å²) in [6.45, 7) is 1.90. The summed E-state index contributed by atoms with van der Waals surface area (Å²) in [6, 6.07) is 5.02. The van der Waals surface area contributed by atoms with E-state index in [1.807, 2.05) is 0 Å². The molecule has 0 spiro atoms. The fourth-order valence-electron chi connectivity index (χ4n) is 1.86. The molecule has 102 valence electrons. The Balaban J connectivity index is 2.23. The summed E-state index contributed by atoms with van der Waals surface area (Å²) in [6.07, 6.45) is 3.37. The molecule has 0 aliphatic rings. The molecule has 0 fully saturated rings. The molecule has 7 heteroatoms. The molecule has 19 heavy (non-hydrogen) atoms. The summed E-state index contributed by atoms with van der Waals surface area (Å²) in [5.74, 6) is 0. The standard InChI is InChI=1S/C12H16N4O2S/c1-9-4-3-5-11(13)12(9)19(17,18)15-7-10-6-14-16(2)8-10/h3-6,8,15H,7,13H2,1-2H3. The summed E-state index contributed by atoms with van der Waals surface area (Å²) in [7, 11) is -1.85. The molecule has 0 aliphatic carbocycles. The van der Waals surface area contributed by atoms with Crippen molar-refractivity contribution in [3.05, 3.63) is 41.7 Å². The van der Waals surface area contributed by atoms with Gasteiger partial charge in [0, 0.05) is 25.4 Å². The Bertz CT molecular complexity index is 671. The summed E-state index contributed by atoms with van der Waals surface area (Å²) < 4.78 is 28.6. The fraction of sp³-hybridized carbons (Fsp3) is 0.250. The zero-order chi connectivity index (χ0) is 14.0. The first-order valence-corrected chi connectivity index (χ1v) is 7.21. The van der Waals surface area contributed by atoms with Crippen LogP contribution in [0.15, 0.2) is 35.5 Å². The van der Waals surface area contributed by atoms with Crippen molar-refractivity contribution >= 4 is 15.7 Å². The Morgan fingerprint density at radius 3 is 2.74 bits per heavy atom. The van der Waals surface area contributed by atoms with Crippen molar-refractivity contribution in [3.63, 3.8) is 0 Å². The third-order valence-electron chi connectivity index (χ3n) is 2.74. The molecular formula is C12H16N4O2S. The minimum absolute atomic E-state index is 0.138. The number of nitrogens with two attached hydrogens (primary N) is 1. The Hall–Kier alpha value is -1.86. The molecule has 0 saturated carbocycles. The summed E-state index contributed by atoms with van der Waals surface area (Å²) >= 11 is 0. The van der Waals surface area contributed by atoms with Crippen LogP contribution in [0.3, 0.4) is 0 Å². The molecule has 0 radical (unpaired) electrons. The number of nitrogens with one attached hydrogen (secondary N) is 1. The maximum absolute atomic E-state index is 12.2. The van der Waals surface area contributed by atoms with Gasteiger partial charge in [0.1, 0.15) is 4.90 Å². The van der Waals surface area contributed by atoms with Crippen LogP contribution in [0.5, 0.6) is 0 Å². The van der Waals surface area contributed by atoms with Gasteiger partial charge in [-0.1, -0.05) is 12.1 Å². The fourth-order valence-corrected chi connectivity index (χ4v) is 3.23. The topological polar surface area (TPSA) is 90.0 Å². The van der Waals surface area contributed by atoms with E-state index in [-0.39, 0.29) is 17.1 Å². The number of anilines is 1. The summed E-state index contributed by atoms with van der Waals surface area (Å²) in [5, 5.41) is 3.98. The normalized spacial score (nSPS) is 11.7. The largest absolute Gasteiger partial charge is 0.398 e. The second-order valence-electron chi connectivity index (χ2n) is 4.34. The number of nitrogen functional groups attached to an aromatic ring is 1. The molecule has 1 aromatic carbocycles. The molecular weight excluding hydrogens is 264 g/mol. The van der Waals surface area contributed by atoms with E-state index in [0.29, 0.717) is 5.56 Å². The Morgan fingerprint density at radius 2 is 2.16 bits per heavy atom. The van der Waals surface area contributed by atoms with Crippen LogP contribution in [-0.4, -0.2) is 18.2 Å². The quantitative estimate of drug-likeness (QED) is 0.810. The van der Waals surface area contributed by atoms with Crippen LogP contribution in [0.25, 0.3) is 0 Å². The lowest BCUT2D eigenvalue weighted by atomic mass is 10.2. The van der Waals surface area contributed by atoms with Crippen molar-refractivity contribution in [2.24, 2.45) is 7.05 Å². The lowest BCUT2D eigenvalue weighted by Crippen LogP contribution is -2.24. The van der Waals surface area contributed by atoms with Gasteiger partial charge in [0.25, 0.3) is 0 Å². The SMILES string of the molecule is Cc1cccc(N)c1S(=O)(=O)NCc1cnn(C)c1. The molecule has 2 rings (SSSR count). The highest BCUT2D eigenvalue weighted by atomic mass is 32.2. The molecule has 1 heterocycles. The van der Waals surface area contributed by atoms with Crippen LogP contribution in [0.4, 0.5) is 5.69 Å². The first kappa shape index (κ1) is 13.6. The smallest absolute Gasteiger partial charge is 0.243 e. The van der Waals surface area contributed by atoms with Gasteiger partial charge in [-0.05, 0) is 18.6 Å². The van der Waals surface area contributed by atoms with Gasteiger partial charge >= 0.3 is 0 Å². The average molecular weight is 280 g/mol. The Morgan fingerprint density at radius 1 is 1.42 bits per heavy atom. The molecule has 6 nitrogen and oxygen atoms in total. The molecule has 0 amide bonds. The van der Waals surface area contributed by atoms with E-state index in [1.165, 1.54) is 0 Å². The van der Waals surface area contributed by atoms with Crippen LogP contribution >= 0.6 is 0 Å². The minimum atomic E-state index is -3.62. The molecule has 2 aromatic rings. The molecule has 0 bridgehead atoms. The third kappa shape index (κ3) is 2.94. The number of hydrogen-bond acceptors (Lipinski definition) is 4. The lowest BCUT2D eigenvalue weighted by Gasteiger charge is -2.10. The van der Waals surface area contributed by atoms with E-state index < -0.39 is 10.0 Å². The number of sulfonamides is 1. The van der Waals surface area contributed by atoms with E-state index in [2.05, 4.69) is 9.82 Å². The van der Waals surface area contributed by atoms with Gasteiger partial charge in [-0.2, -0.15) is 5.10 Å². The molecule has 0 atom stereocenters. The van der Waals surface area contributed by atoms with Crippen LogP contribution in [0.2, 0.25) is 0 Å². The Kier molecular flexibility index (Phi) is 3.59. The number of hydrogen-bond donors (Lipinski definition) is 2. The van der Waals surface area contributed by atoms with E-state index in [9.17, 15) is 8.42 Å². The molecule has 0 saturated heterocycles. The van der Waals surface area contributed by atoms with Gasteiger partial charge in [0.15, 0.2) is 0 Å². The molecule has 0 aliphatic heterocycles. The first-order valence-electron chi connectivity index (χ1n) is 5.72. The highest BCUT2D eigenvalue weighted by Crippen LogP contribution is 2.22. The van der Waals surface area contributed by atoms with Crippen molar-refractivity contribution < 1.29 is 8.42 Å². The van der Waals surface area contributed by atoms with Gasteiger partial charge in [0.05, 0.1) is 11.9 Å². The second kappa shape index (κ2) is 5.02. The Labute approximate surface area is 112 Å². The molecule has 1 aromatic heterocycles. The van der Waals surface area contributed by atoms with Crippen molar-refractivity contribution in [2.75, 3.05) is 5.73 Å². The number of rotatable bonds is 4.